The molecule has 1 fully saturated rings. The van der Waals surface area contributed by atoms with Gasteiger partial charge in [0, 0.05) is 0 Å². The lowest BCUT2D eigenvalue weighted by Crippen LogP contribution is -2.60. The van der Waals surface area contributed by atoms with Gasteiger partial charge in [-0.3, -0.25) is 4.79 Å². The number of ether oxygens (including phenoxy) is 2. The van der Waals surface area contributed by atoms with Crippen LogP contribution >= 0.6 is 0 Å². The molecule has 8 heteroatoms. The summed E-state index contributed by atoms with van der Waals surface area (Å²) < 4.78 is 9.71. The summed E-state index contributed by atoms with van der Waals surface area (Å²) in [5, 5.41) is 37.7. The van der Waals surface area contributed by atoms with E-state index in [1.54, 1.807) is 30.3 Å². The first-order chi connectivity index (χ1) is 10.4. The number of carboxylic acid groups (broad SMARTS) is 1. The molecule has 8 nitrogen and oxygen atoms in total. The normalized spacial score (nSPS) is 31.5. The second-order valence-corrected chi connectivity index (χ2v) is 4.89. The molecule has 22 heavy (non-hydrogen) atoms. The molecule has 1 aliphatic rings. The third-order valence-electron chi connectivity index (χ3n) is 3.25. The molecule has 120 valence electrons. The lowest BCUT2D eigenvalue weighted by molar-refractivity contribution is -0.286. The second-order valence-electron chi connectivity index (χ2n) is 4.89. The van der Waals surface area contributed by atoms with Gasteiger partial charge in [0.2, 0.25) is 6.29 Å². The van der Waals surface area contributed by atoms with Gasteiger partial charge >= 0.3 is 11.9 Å². The third kappa shape index (κ3) is 3.60. The minimum Gasteiger partial charge on any atom is -0.479 e. The highest BCUT2D eigenvalue weighted by atomic mass is 16.7. The Morgan fingerprint density at radius 2 is 1.68 bits per heavy atom. The van der Waals surface area contributed by atoms with Crippen LogP contribution in [0, 0.1) is 0 Å². The van der Waals surface area contributed by atoms with Crippen LogP contribution in [0.15, 0.2) is 30.3 Å². The Morgan fingerprint density at radius 1 is 1.05 bits per heavy atom. The van der Waals surface area contributed by atoms with Crippen molar-refractivity contribution in [3.8, 4) is 0 Å². The minimum absolute atomic E-state index is 0.107. The van der Waals surface area contributed by atoms with E-state index in [2.05, 4.69) is 0 Å². The zero-order chi connectivity index (χ0) is 16.3. The summed E-state index contributed by atoms with van der Waals surface area (Å²) in [4.78, 5) is 22.7. The van der Waals surface area contributed by atoms with E-state index in [9.17, 15) is 24.9 Å². The van der Waals surface area contributed by atoms with E-state index in [1.165, 1.54) is 0 Å². The summed E-state index contributed by atoms with van der Waals surface area (Å²) in [5.41, 5.74) is 0.660. The molecule has 0 bridgehead atoms. The Hall–Kier alpha value is -2.00. The topological polar surface area (TPSA) is 134 Å². The van der Waals surface area contributed by atoms with Crippen LogP contribution in [-0.2, 0) is 25.5 Å². The van der Waals surface area contributed by atoms with E-state index in [0.29, 0.717) is 5.56 Å². The first-order valence-electron chi connectivity index (χ1n) is 6.56. The summed E-state index contributed by atoms with van der Waals surface area (Å²) in [6.45, 7) is 0. The minimum atomic E-state index is -1.82. The molecule has 2 rings (SSSR count). The molecule has 5 unspecified atom stereocenters. The van der Waals surface area contributed by atoms with Crippen molar-refractivity contribution < 1.29 is 39.5 Å². The van der Waals surface area contributed by atoms with E-state index >= 15 is 0 Å². The van der Waals surface area contributed by atoms with E-state index in [1.807, 2.05) is 0 Å². The van der Waals surface area contributed by atoms with Gasteiger partial charge in [-0.25, -0.2) is 4.79 Å². The van der Waals surface area contributed by atoms with Crippen LogP contribution in [0.2, 0.25) is 0 Å². The molecule has 5 atom stereocenters. The standard InChI is InChI=1S/C14H16O8/c15-8(6-7-4-2-1-3-5-7)21-14-11(18)9(16)10(17)12(22-14)13(19)20/h1-5,9-12,14,16-18H,6H2,(H,19,20). The van der Waals surface area contributed by atoms with Crippen molar-refractivity contribution >= 4 is 11.9 Å². The Bertz CT molecular complexity index is 531. The number of aliphatic hydroxyl groups excluding tert-OH is 3. The van der Waals surface area contributed by atoms with Crippen LogP contribution in [0.4, 0.5) is 0 Å². The molecule has 1 aromatic carbocycles. The number of aliphatic carboxylic acids is 1. The number of hydrogen-bond acceptors (Lipinski definition) is 7. The number of aliphatic hydroxyl groups is 3. The highest BCUT2D eigenvalue weighted by Crippen LogP contribution is 2.22. The quantitative estimate of drug-likeness (QED) is 0.502. The Morgan fingerprint density at radius 3 is 2.27 bits per heavy atom. The average molecular weight is 312 g/mol. The largest absolute Gasteiger partial charge is 0.479 e. The summed E-state index contributed by atoms with van der Waals surface area (Å²) in [6.07, 6.45) is -8.95. The van der Waals surface area contributed by atoms with Gasteiger partial charge in [-0.1, -0.05) is 30.3 Å². The highest BCUT2D eigenvalue weighted by molar-refractivity contribution is 5.74. The maximum atomic E-state index is 11.8. The number of carbonyl (C=O) groups is 2. The van der Waals surface area contributed by atoms with Gasteiger partial charge in [0.05, 0.1) is 6.42 Å². The monoisotopic (exact) mass is 312 g/mol. The first kappa shape index (κ1) is 16.4. The third-order valence-corrected chi connectivity index (χ3v) is 3.25. The first-order valence-corrected chi connectivity index (χ1v) is 6.56. The number of hydrogen-bond donors (Lipinski definition) is 4. The van der Waals surface area contributed by atoms with Gasteiger partial charge in [0.25, 0.3) is 0 Å². The zero-order valence-electron chi connectivity index (χ0n) is 11.4. The SMILES string of the molecule is O=C(Cc1ccccc1)OC1OC(C(=O)O)C(O)C(O)C1O. The maximum Gasteiger partial charge on any atom is 0.335 e. The fraction of sp³-hybridized carbons (Fsp3) is 0.429. The maximum absolute atomic E-state index is 11.8. The predicted molar refractivity (Wildman–Crippen MR) is 70.6 cm³/mol. The van der Waals surface area contributed by atoms with E-state index in [4.69, 9.17) is 14.6 Å². The average Bonchev–Trinajstić information content (AvgIpc) is 2.48. The zero-order valence-corrected chi connectivity index (χ0v) is 11.4. The molecule has 0 saturated carbocycles. The molecule has 0 aromatic heterocycles. The van der Waals surface area contributed by atoms with Crippen molar-refractivity contribution in [1.29, 1.82) is 0 Å². The molecule has 1 aromatic rings. The van der Waals surface area contributed by atoms with Gasteiger partial charge in [-0.15, -0.1) is 0 Å². The number of carboxylic acids is 1. The van der Waals surface area contributed by atoms with Crippen molar-refractivity contribution in [2.45, 2.75) is 37.1 Å². The summed E-state index contributed by atoms with van der Waals surface area (Å²) in [5.74, 6) is -2.30. The number of esters is 1. The molecule has 0 radical (unpaired) electrons. The number of carbonyl (C=O) groups excluding carboxylic acids is 1. The van der Waals surface area contributed by atoms with Gasteiger partial charge in [0.1, 0.15) is 18.3 Å². The van der Waals surface area contributed by atoms with Crippen LogP contribution < -0.4 is 0 Å². The van der Waals surface area contributed by atoms with Crippen LogP contribution in [0.1, 0.15) is 5.56 Å². The Balaban J connectivity index is 2.01. The van der Waals surface area contributed by atoms with Gasteiger partial charge < -0.3 is 29.9 Å². The molecule has 0 amide bonds. The molecule has 1 aliphatic heterocycles. The number of benzene rings is 1. The predicted octanol–water partition coefficient (Wildman–Crippen LogP) is -1.34. The van der Waals surface area contributed by atoms with Crippen molar-refractivity contribution in [1.82, 2.24) is 0 Å². The molecule has 1 saturated heterocycles. The Labute approximate surface area is 125 Å². The molecule has 4 N–H and O–H groups in total. The fourth-order valence-electron chi connectivity index (χ4n) is 2.08. The second kappa shape index (κ2) is 6.84. The highest BCUT2D eigenvalue weighted by Gasteiger charge is 2.48. The summed E-state index contributed by atoms with van der Waals surface area (Å²) in [6, 6.07) is 8.62. The van der Waals surface area contributed by atoms with E-state index in [-0.39, 0.29) is 6.42 Å². The van der Waals surface area contributed by atoms with Crippen LogP contribution in [0.3, 0.4) is 0 Å². The van der Waals surface area contributed by atoms with Crippen molar-refractivity contribution in [2.24, 2.45) is 0 Å². The van der Waals surface area contributed by atoms with Gasteiger partial charge in [0.15, 0.2) is 6.10 Å². The van der Waals surface area contributed by atoms with E-state index < -0.39 is 42.6 Å². The van der Waals surface area contributed by atoms with Gasteiger partial charge in [-0.05, 0) is 5.56 Å². The molecular weight excluding hydrogens is 296 g/mol. The lowest BCUT2D eigenvalue weighted by Gasteiger charge is -2.37. The lowest BCUT2D eigenvalue weighted by atomic mass is 9.99. The van der Waals surface area contributed by atoms with Crippen molar-refractivity contribution in [3.05, 3.63) is 35.9 Å². The summed E-state index contributed by atoms with van der Waals surface area (Å²) >= 11 is 0. The van der Waals surface area contributed by atoms with Crippen LogP contribution in [-0.4, -0.2) is 63.1 Å². The molecule has 1 heterocycles. The Kier molecular flexibility index (Phi) is 5.09. The van der Waals surface area contributed by atoms with Crippen molar-refractivity contribution in [3.63, 3.8) is 0 Å². The summed E-state index contributed by atoms with van der Waals surface area (Å²) in [7, 11) is 0. The van der Waals surface area contributed by atoms with Crippen LogP contribution in [0.5, 0.6) is 0 Å². The van der Waals surface area contributed by atoms with Gasteiger partial charge in [-0.2, -0.15) is 0 Å². The molecule has 0 spiro atoms. The fourth-order valence-corrected chi connectivity index (χ4v) is 2.08. The smallest absolute Gasteiger partial charge is 0.335 e. The van der Waals surface area contributed by atoms with Crippen LogP contribution in [0.25, 0.3) is 0 Å². The van der Waals surface area contributed by atoms with E-state index in [0.717, 1.165) is 0 Å². The molecular formula is C14H16O8. The number of rotatable bonds is 4. The molecule has 0 aliphatic carbocycles. The van der Waals surface area contributed by atoms with Crippen molar-refractivity contribution in [2.75, 3.05) is 0 Å².